The van der Waals surface area contributed by atoms with E-state index in [-0.39, 0.29) is 11.3 Å². The maximum atomic E-state index is 12.0. The van der Waals surface area contributed by atoms with Crippen LogP contribution in [0.2, 0.25) is 0 Å². The van der Waals surface area contributed by atoms with Crippen LogP contribution in [0.1, 0.15) is 31.9 Å². The van der Waals surface area contributed by atoms with Crippen LogP contribution in [-0.2, 0) is 10.2 Å². The topological polar surface area (TPSA) is 29.1 Å². The third kappa shape index (κ3) is 3.81. The summed E-state index contributed by atoms with van der Waals surface area (Å²) in [6.07, 6.45) is 3.40. The lowest BCUT2D eigenvalue weighted by atomic mass is 9.86. The summed E-state index contributed by atoms with van der Waals surface area (Å²) in [6, 6.07) is 9.91. The molecule has 1 aromatic heterocycles. The number of carbonyl (C=O) groups is 1. The molecule has 0 aliphatic heterocycles. The van der Waals surface area contributed by atoms with Crippen LogP contribution in [0.4, 0.5) is 5.69 Å². The molecule has 1 N–H and O–H groups in total. The van der Waals surface area contributed by atoms with Crippen LogP contribution in [0.25, 0.3) is 6.08 Å². The van der Waals surface area contributed by atoms with Crippen molar-refractivity contribution in [2.45, 2.75) is 26.2 Å². The van der Waals surface area contributed by atoms with E-state index in [0.717, 1.165) is 16.8 Å². The number of rotatable bonds is 3. The van der Waals surface area contributed by atoms with Crippen molar-refractivity contribution in [1.29, 1.82) is 0 Å². The van der Waals surface area contributed by atoms with E-state index in [1.54, 1.807) is 17.4 Å². The van der Waals surface area contributed by atoms with Crippen molar-refractivity contribution in [3.8, 4) is 0 Å². The number of benzene rings is 1. The summed E-state index contributed by atoms with van der Waals surface area (Å²) in [7, 11) is 0. The Kier molecular flexibility index (Phi) is 4.40. The molecule has 20 heavy (non-hydrogen) atoms. The van der Waals surface area contributed by atoms with E-state index in [4.69, 9.17) is 0 Å². The van der Waals surface area contributed by atoms with Gasteiger partial charge in [-0.3, -0.25) is 4.79 Å². The Morgan fingerprint density at radius 1 is 1.20 bits per heavy atom. The summed E-state index contributed by atoms with van der Waals surface area (Å²) >= 11 is 1.62. The Morgan fingerprint density at radius 2 is 1.95 bits per heavy atom. The molecule has 2 nitrogen and oxygen atoms in total. The predicted molar refractivity (Wildman–Crippen MR) is 87.1 cm³/mol. The summed E-state index contributed by atoms with van der Waals surface area (Å²) in [5.74, 6) is -0.104. The minimum atomic E-state index is -0.104. The van der Waals surface area contributed by atoms with E-state index >= 15 is 0 Å². The van der Waals surface area contributed by atoms with E-state index in [1.165, 1.54) is 0 Å². The van der Waals surface area contributed by atoms with E-state index in [0.29, 0.717) is 0 Å². The molecule has 0 saturated carbocycles. The van der Waals surface area contributed by atoms with Crippen molar-refractivity contribution in [2.24, 2.45) is 0 Å². The molecule has 0 radical (unpaired) electrons. The molecule has 0 aliphatic rings. The first-order valence-electron chi connectivity index (χ1n) is 6.57. The molecule has 2 rings (SSSR count). The molecule has 0 atom stereocenters. The molecular formula is C17H19NOS. The molecule has 0 unspecified atom stereocenters. The third-order valence-electron chi connectivity index (χ3n) is 2.96. The van der Waals surface area contributed by atoms with Gasteiger partial charge >= 0.3 is 0 Å². The smallest absolute Gasteiger partial charge is 0.248 e. The quantitative estimate of drug-likeness (QED) is 0.814. The van der Waals surface area contributed by atoms with Crippen LogP contribution in [0.5, 0.6) is 0 Å². The van der Waals surface area contributed by atoms with Crippen molar-refractivity contribution in [3.05, 3.63) is 58.3 Å². The van der Waals surface area contributed by atoms with Crippen LogP contribution in [0.15, 0.2) is 47.2 Å². The highest BCUT2D eigenvalue weighted by atomic mass is 32.1. The minimum absolute atomic E-state index is 0.000938. The molecule has 0 spiro atoms. The van der Waals surface area contributed by atoms with Crippen LogP contribution >= 0.6 is 11.3 Å². The van der Waals surface area contributed by atoms with Gasteiger partial charge < -0.3 is 5.32 Å². The molecule has 1 aromatic carbocycles. The van der Waals surface area contributed by atoms with Gasteiger partial charge in [0.05, 0.1) is 0 Å². The Labute approximate surface area is 124 Å². The van der Waals surface area contributed by atoms with Crippen LogP contribution in [-0.4, -0.2) is 5.91 Å². The second-order valence-electron chi connectivity index (χ2n) is 5.67. The normalized spacial score (nSPS) is 11.8. The summed E-state index contributed by atoms with van der Waals surface area (Å²) in [4.78, 5) is 12.0. The fourth-order valence-electron chi connectivity index (χ4n) is 1.96. The molecule has 0 aliphatic carbocycles. The number of para-hydroxylation sites is 1. The fraction of sp³-hybridized carbons (Fsp3) is 0.235. The van der Waals surface area contributed by atoms with Gasteiger partial charge in [-0.15, -0.1) is 0 Å². The molecule has 0 saturated heterocycles. The van der Waals surface area contributed by atoms with Crippen molar-refractivity contribution < 1.29 is 4.79 Å². The first kappa shape index (κ1) is 14.5. The second kappa shape index (κ2) is 6.06. The standard InChI is InChI=1S/C17H19NOS/c1-17(2,3)14-6-4-5-7-15(14)18-16(19)9-8-13-10-11-20-12-13/h4-12H,1-3H3,(H,18,19)/b9-8+. The first-order valence-corrected chi connectivity index (χ1v) is 7.52. The summed E-state index contributed by atoms with van der Waals surface area (Å²) in [6.45, 7) is 6.41. The molecule has 3 heteroatoms. The lowest BCUT2D eigenvalue weighted by Gasteiger charge is -2.22. The maximum absolute atomic E-state index is 12.0. The highest BCUT2D eigenvalue weighted by molar-refractivity contribution is 7.08. The van der Waals surface area contributed by atoms with Crippen molar-refractivity contribution in [3.63, 3.8) is 0 Å². The van der Waals surface area contributed by atoms with Crippen molar-refractivity contribution >= 4 is 29.0 Å². The lowest BCUT2D eigenvalue weighted by Crippen LogP contribution is -2.17. The largest absolute Gasteiger partial charge is 0.322 e. The number of amides is 1. The van der Waals surface area contributed by atoms with Crippen molar-refractivity contribution in [1.82, 2.24) is 0 Å². The van der Waals surface area contributed by atoms with E-state index in [9.17, 15) is 4.79 Å². The zero-order valence-electron chi connectivity index (χ0n) is 12.0. The monoisotopic (exact) mass is 285 g/mol. The maximum Gasteiger partial charge on any atom is 0.248 e. The fourth-order valence-corrected chi connectivity index (χ4v) is 2.59. The van der Waals surface area contributed by atoms with Gasteiger partial charge in [0.1, 0.15) is 0 Å². The average Bonchev–Trinajstić information content (AvgIpc) is 2.89. The van der Waals surface area contributed by atoms with Gasteiger partial charge in [0.25, 0.3) is 0 Å². The highest BCUT2D eigenvalue weighted by Gasteiger charge is 2.17. The Balaban J connectivity index is 2.12. The molecular weight excluding hydrogens is 266 g/mol. The van der Waals surface area contributed by atoms with E-state index in [2.05, 4.69) is 32.2 Å². The second-order valence-corrected chi connectivity index (χ2v) is 6.45. The number of carbonyl (C=O) groups excluding carboxylic acids is 1. The van der Waals surface area contributed by atoms with Crippen LogP contribution in [0, 0.1) is 0 Å². The molecule has 2 aromatic rings. The molecule has 0 bridgehead atoms. The van der Waals surface area contributed by atoms with Gasteiger partial charge in [0, 0.05) is 11.8 Å². The SMILES string of the molecule is CC(C)(C)c1ccccc1NC(=O)/C=C/c1ccsc1. The number of nitrogens with one attached hydrogen (secondary N) is 1. The van der Waals surface area contributed by atoms with Gasteiger partial charge in [-0.2, -0.15) is 11.3 Å². The number of anilines is 1. The lowest BCUT2D eigenvalue weighted by molar-refractivity contribution is -0.111. The molecule has 104 valence electrons. The number of thiophene rings is 1. The summed E-state index contributed by atoms with van der Waals surface area (Å²) in [5.41, 5.74) is 3.06. The first-order chi connectivity index (χ1) is 9.47. The van der Waals surface area contributed by atoms with Gasteiger partial charge in [-0.25, -0.2) is 0 Å². The molecule has 0 fully saturated rings. The van der Waals surface area contributed by atoms with Gasteiger partial charge in [0.2, 0.25) is 5.91 Å². The van der Waals surface area contributed by atoms with Crippen molar-refractivity contribution in [2.75, 3.05) is 5.32 Å². The average molecular weight is 285 g/mol. The van der Waals surface area contributed by atoms with Crippen LogP contribution in [0.3, 0.4) is 0 Å². The Morgan fingerprint density at radius 3 is 2.60 bits per heavy atom. The highest BCUT2D eigenvalue weighted by Crippen LogP contribution is 2.29. The van der Waals surface area contributed by atoms with E-state index < -0.39 is 0 Å². The zero-order valence-corrected chi connectivity index (χ0v) is 12.8. The predicted octanol–water partition coefficient (Wildman–Crippen LogP) is 4.70. The number of hydrogen-bond acceptors (Lipinski definition) is 2. The van der Waals surface area contributed by atoms with Gasteiger partial charge in [-0.1, -0.05) is 39.0 Å². The minimum Gasteiger partial charge on any atom is -0.322 e. The molecule has 1 heterocycles. The summed E-state index contributed by atoms with van der Waals surface area (Å²) < 4.78 is 0. The van der Waals surface area contributed by atoms with E-state index in [1.807, 2.05) is 41.1 Å². The summed E-state index contributed by atoms with van der Waals surface area (Å²) in [5, 5.41) is 6.96. The van der Waals surface area contributed by atoms with Crippen LogP contribution < -0.4 is 5.32 Å². The van der Waals surface area contributed by atoms with Gasteiger partial charge in [-0.05, 0) is 45.5 Å². The van der Waals surface area contributed by atoms with Gasteiger partial charge in [0.15, 0.2) is 0 Å². The zero-order chi connectivity index (χ0) is 14.6. The number of hydrogen-bond donors (Lipinski definition) is 1. The Bertz CT molecular complexity index is 606. The Hall–Kier alpha value is -1.87. The third-order valence-corrected chi connectivity index (χ3v) is 3.66. The molecule has 1 amide bonds.